The molecule has 0 radical (unpaired) electrons. The van der Waals surface area contributed by atoms with Crippen molar-refractivity contribution in [2.24, 2.45) is 0 Å². The third kappa shape index (κ3) is 6.73. The molecule has 0 aliphatic carbocycles. The molecule has 216 valence electrons. The Balaban J connectivity index is 2.37. The summed E-state index contributed by atoms with van der Waals surface area (Å²) >= 11 is 0. The van der Waals surface area contributed by atoms with E-state index in [9.17, 15) is 19.2 Å². The maximum Gasteiger partial charge on any atom is 0.510 e. The molecule has 1 heterocycles. The van der Waals surface area contributed by atoms with Crippen LogP contribution < -0.4 is 0 Å². The van der Waals surface area contributed by atoms with Crippen molar-refractivity contribution in [2.45, 2.75) is 90.8 Å². The Hall–Kier alpha value is -4.08. The maximum atomic E-state index is 14.6. The van der Waals surface area contributed by atoms with E-state index in [1.54, 1.807) is 123 Å². The van der Waals surface area contributed by atoms with E-state index >= 15 is 0 Å². The van der Waals surface area contributed by atoms with Crippen LogP contribution in [0.5, 0.6) is 0 Å². The molecule has 0 spiro atoms. The molecule has 1 saturated heterocycles. The van der Waals surface area contributed by atoms with Gasteiger partial charge in [-0.3, -0.25) is 4.79 Å². The topological polar surface area (TPSA) is 112 Å². The number of hydrazine groups is 1. The molecule has 1 fully saturated rings. The summed E-state index contributed by atoms with van der Waals surface area (Å²) in [6.45, 7) is 14.8. The van der Waals surface area contributed by atoms with Gasteiger partial charge in [0.1, 0.15) is 22.8 Å². The highest BCUT2D eigenvalue weighted by atomic mass is 16.7. The van der Waals surface area contributed by atoms with Crippen molar-refractivity contribution in [1.29, 1.82) is 0 Å². The number of carbonyl (C=O) groups is 4. The van der Waals surface area contributed by atoms with Crippen molar-refractivity contribution >= 4 is 24.2 Å². The SMILES string of the molecule is CC(C)(C)OC(=O)O[C@]1(c2ccccc2)C(=O)N(C(=O)OC(C)(C)C)N(C(=O)OC(C)(C)C)[C@H]1c1ccccc1. The maximum absolute atomic E-state index is 14.6. The normalized spacial score (nSPS) is 19.7. The first-order chi connectivity index (χ1) is 18.4. The smallest absolute Gasteiger partial charge is 0.442 e. The Kier molecular flexibility index (Phi) is 8.24. The quantitative estimate of drug-likeness (QED) is 0.312. The van der Waals surface area contributed by atoms with Crippen molar-refractivity contribution in [3.8, 4) is 0 Å². The lowest BCUT2D eigenvalue weighted by atomic mass is 9.82. The third-order valence-corrected chi connectivity index (χ3v) is 5.45. The minimum atomic E-state index is -2.25. The lowest BCUT2D eigenvalue weighted by Crippen LogP contribution is -2.50. The summed E-state index contributed by atoms with van der Waals surface area (Å²) in [4.78, 5) is 55.3. The monoisotopic (exact) mass is 554 g/mol. The summed E-state index contributed by atoms with van der Waals surface area (Å²) in [5.74, 6) is -1.03. The fourth-order valence-electron chi connectivity index (χ4n) is 4.17. The highest BCUT2D eigenvalue weighted by molar-refractivity contribution is 6.03. The molecule has 2 aromatic carbocycles. The molecule has 3 rings (SSSR count). The summed E-state index contributed by atoms with van der Waals surface area (Å²) in [7, 11) is 0. The van der Waals surface area contributed by atoms with E-state index in [-0.39, 0.29) is 5.56 Å². The van der Waals surface area contributed by atoms with Crippen LogP contribution in [0.25, 0.3) is 0 Å². The Bertz CT molecular complexity index is 1240. The molecule has 10 heteroatoms. The summed E-state index contributed by atoms with van der Waals surface area (Å²) < 4.78 is 22.6. The van der Waals surface area contributed by atoms with Gasteiger partial charge < -0.3 is 18.9 Å². The van der Waals surface area contributed by atoms with E-state index < -0.39 is 52.7 Å². The lowest BCUT2D eigenvalue weighted by Gasteiger charge is -2.36. The standard InChI is InChI=1S/C30H38N2O8/c1-27(2,3)37-24(34)31-22(20-16-12-10-13-17-20)30(21-18-14-11-15-19-21,40-26(36)39-29(7,8)9)23(33)32(31)25(35)38-28(4,5)6/h10-19,22H,1-9H3/t22-,30-/m0/s1. The summed E-state index contributed by atoms with van der Waals surface area (Å²) in [5.41, 5.74) is -4.64. The van der Waals surface area contributed by atoms with Crippen LogP contribution in [-0.4, -0.2) is 51.1 Å². The molecule has 40 heavy (non-hydrogen) atoms. The highest BCUT2D eigenvalue weighted by Gasteiger charge is 2.68. The van der Waals surface area contributed by atoms with E-state index in [1.807, 2.05) is 0 Å². The van der Waals surface area contributed by atoms with Gasteiger partial charge in [-0.25, -0.2) is 14.4 Å². The number of imide groups is 1. The van der Waals surface area contributed by atoms with Gasteiger partial charge in [-0.15, -0.1) is 5.01 Å². The summed E-state index contributed by atoms with van der Waals surface area (Å²) in [5, 5.41) is 1.41. The number of amides is 3. The second-order valence-electron chi connectivity index (χ2n) is 12.4. The molecule has 1 aliphatic rings. The van der Waals surface area contributed by atoms with Crippen LogP contribution in [0, 0.1) is 0 Å². The third-order valence-electron chi connectivity index (χ3n) is 5.45. The average Bonchev–Trinajstić information content (AvgIpc) is 3.06. The number of rotatable bonds is 3. The van der Waals surface area contributed by atoms with Gasteiger partial charge in [0.2, 0.25) is 5.60 Å². The first-order valence-electron chi connectivity index (χ1n) is 13.0. The largest absolute Gasteiger partial charge is 0.510 e. The molecule has 10 nitrogen and oxygen atoms in total. The second kappa shape index (κ2) is 10.8. The Morgan fingerprint density at radius 2 is 1.12 bits per heavy atom. The van der Waals surface area contributed by atoms with Crippen LogP contribution in [0.1, 0.15) is 79.5 Å². The van der Waals surface area contributed by atoms with E-state index in [2.05, 4.69) is 0 Å². The first kappa shape index (κ1) is 30.5. The van der Waals surface area contributed by atoms with E-state index in [0.29, 0.717) is 10.6 Å². The molecule has 0 bridgehead atoms. The van der Waals surface area contributed by atoms with Crippen LogP contribution in [0.3, 0.4) is 0 Å². The molecule has 2 atom stereocenters. The van der Waals surface area contributed by atoms with Gasteiger partial charge in [0, 0.05) is 5.56 Å². The number of benzene rings is 2. The van der Waals surface area contributed by atoms with E-state index in [4.69, 9.17) is 18.9 Å². The molecule has 2 aromatic rings. The molecular formula is C30H38N2O8. The Morgan fingerprint density at radius 1 is 0.675 bits per heavy atom. The zero-order valence-electron chi connectivity index (χ0n) is 24.5. The van der Waals surface area contributed by atoms with Crippen LogP contribution in [0.15, 0.2) is 60.7 Å². The number of ether oxygens (including phenoxy) is 4. The Labute approximate surface area is 235 Å². The molecule has 1 aliphatic heterocycles. The number of carbonyl (C=O) groups excluding carboxylic acids is 4. The van der Waals surface area contributed by atoms with Gasteiger partial charge in [-0.1, -0.05) is 60.7 Å². The predicted molar refractivity (Wildman–Crippen MR) is 146 cm³/mol. The summed E-state index contributed by atoms with van der Waals surface area (Å²) in [6.07, 6.45) is -3.33. The molecule has 0 aromatic heterocycles. The number of hydrogen-bond acceptors (Lipinski definition) is 8. The molecule has 0 N–H and O–H groups in total. The van der Waals surface area contributed by atoms with Gasteiger partial charge in [0.05, 0.1) is 0 Å². The zero-order valence-corrected chi connectivity index (χ0v) is 24.5. The number of hydrogen-bond donors (Lipinski definition) is 0. The predicted octanol–water partition coefficient (Wildman–Crippen LogP) is 6.50. The summed E-state index contributed by atoms with van der Waals surface area (Å²) in [6, 6.07) is 15.3. The highest BCUT2D eigenvalue weighted by Crippen LogP contribution is 2.51. The average molecular weight is 555 g/mol. The van der Waals surface area contributed by atoms with Crippen molar-refractivity contribution in [3.63, 3.8) is 0 Å². The fraction of sp³-hybridized carbons (Fsp3) is 0.467. The van der Waals surface area contributed by atoms with Gasteiger partial charge >= 0.3 is 24.2 Å². The van der Waals surface area contributed by atoms with Crippen LogP contribution >= 0.6 is 0 Å². The van der Waals surface area contributed by atoms with Crippen molar-refractivity contribution in [2.75, 3.05) is 0 Å². The van der Waals surface area contributed by atoms with Crippen molar-refractivity contribution in [1.82, 2.24) is 10.0 Å². The Morgan fingerprint density at radius 3 is 1.60 bits per heavy atom. The van der Waals surface area contributed by atoms with Gasteiger partial charge in [0.25, 0.3) is 0 Å². The van der Waals surface area contributed by atoms with Crippen LogP contribution in [0.4, 0.5) is 14.4 Å². The van der Waals surface area contributed by atoms with E-state index in [1.165, 1.54) is 0 Å². The second-order valence-corrected chi connectivity index (χ2v) is 12.4. The van der Waals surface area contributed by atoms with Gasteiger partial charge in [-0.2, -0.15) is 5.01 Å². The fourth-order valence-corrected chi connectivity index (χ4v) is 4.17. The van der Waals surface area contributed by atoms with Crippen LogP contribution in [-0.2, 0) is 29.3 Å². The van der Waals surface area contributed by atoms with Gasteiger partial charge in [0.15, 0.2) is 0 Å². The number of nitrogens with zero attached hydrogens (tertiary/aromatic N) is 2. The van der Waals surface area contributed by atoms with Crippen LogP contribution in [0.2, 0.25) is 0 Å². The first-order valence-corrected chi connectivity index (χ1v) is 13.0. The van der Waals surface area contributed by atoms with Gasteiger partial charge in [-0.05, 0) is 67.9 Å². The zero-order chi connectivity index (χ0) is 30.1. The molecule has 0 unspecified atom stereocenters. The molecule has 0 saturated carbocycles. The van der Waals surface area contributed by atoms with Crippen molar-refractivity contribution < 1.29 is 38.1 Å². The molecular weight excluding hydrogens is 516 g/mol. The van der Waals surface area contributed by atoms with E-state index in [0.717, 1.165) is 5.01 Å². The minimum Gasteiger partial charge on any atom is -0.442 e. The molecule has 3 amide bonds. The minimum absolute atomic E-state index is 0.208. The van der Waals surface area contributed by atoms with Crippen molar-refractivity contribution in [3.05, 3.63) is 71.8 Å². The lowest BCUT2D eigenvalue weighted by molar-refractivity contribution is -0.150.